The van der Waals surface area contributed by atoms with E-state index in [1.807, 2.05) is 19.1 Å². The third-order valence-electron chi connectivity index (χ3n) is 3.01. The van der Waals surface area contributed by atoms with Gasteiger partial charge in [0, 0.05) is 19.5 Å². The number of aliphatic imine (C=N–C) groups is 1. The van der Waals surface area contributed by atoms with E-state index < -0.39 is 0 Å². The van der Waals surface area contributed by atoms with Crippen LogP contribution in [0.1, 0.15) is 25.5 Å². The first kappa shape index (κ1) is 17.1. The first-order chi connectivity index (χ1) is 9.24. The van der Waals surface area contributed by atoms with E-state index in [0.717, 1.165) is 42.7 Å². The van der Waals surface area contributed by atoms with E-state index in [0.29, 0.717) is 6.54 Å². The molecular weight excluding hydrogens is 365 g/mol. The van der Waals surface area contributed by atoms with Crippen molar-refractivity contribution in [2.24, 2.45) is 10.9 Å². The molecule has 0 bridgehead atoms. The summed E-state index contributed by atoms with van der Waals surface area (Å²) in [7, 11) is 0. The van der Waals surface area contributed by atoms with Crippen molar-refractivity contribution in [3.8, 4) is 0 Å². The van der Waals surface area contributed by atoms with Gasteiger partial charge in [0.2, 0.25) is 0 Å². The molecule has 1 heterocycles. The number of guanidine groups is 1. The Labute approximate surface area is 138 Å². The van der Waals surface area contributed by atoms with Crippen molar-refractivity contribution in [1.82, 2.24) is 10.6 Å². The van der Waals surface area contributed by atoms with Gasteiger partial charge < -0.3 is 15.1 Å². The summed E-state index contributed by atoms with van der Waals surface area (Å²) in [4.78, 5) is 4.51. The summed E-state index contributed by atoms with van der Waals surface area (Å²) in [5.41, 5.74) is 1.07. The zero-order chi connectivity index (χ0) is 13.5. The number of nitrogens with one attached hydrogen (secondary N) is 2. The fourth-order valence-electron chi connectivity index (χ4n) is 1.71. The van der Waals surface area contributed by atoms with Gasteiger partial charge in [-0.3, -0.25) is 0 Å². The lowest BCUT2D eigenvalue weighted by Crippen LogP contribution is -2.39. The van der Waals surface area contributed by atoms with Crippen LogP contribution in [-0.2, 0) is 6.42 Å². The van der Waals surface area contributed by atoms with Crippen LogP contribution in [0.2, 0.25) is 0 Å². The minimum absolute atomic E-state index is 0. The fourth-order valence-corrected chi connectivity index (χ4v) is 1.71. The second-order valence-corrected chi connectivity index (χ2v) is 5.20. The van der Waals surface area contributed by atoms with Crippen molar-refractivity contribution in [3.63, 3.8) is 0 Å². The number of nitrogens with zero attached hydrogens (tertiary/aromatic N) is 1. The second kappa shape index (κ2) is 9.05. The van der Waals surface area contributed by atoms with Crippen molar-refractivity contribution < 1.29 is 4.42 Å². The maximum Gasteiger partial charge on any atom is 0.191 e. The summed E-state index contributed by atoms with van der Waals surface area (Å²) in [5, 5.41) is 6.72. The van der Waals surface area contributed by atoms with E-state index in [4.69, 9.17) is 4.42 Å². The van der Waals surface area contributed by atoms with Crippen LogP contribution in [0.5, 0.6) is 0 Å². The molecule has 1 aromatic heterocycles. The van der Waals surface area contributed by atoms with Gasteiger partial charge >= 0.3 is 0 Å². The van der Waals surface area contributed by atoms with Gasteiger partial charge in [-0.05, 0) is 37.8 Å². The van der Waals surface area contributed by atoms with Crippen LogP contribution >= 0.6 is 24.0 Å². The molecule has 1 fully saturated rings. The molecule has 1 aliphatic carbocycles. The summed E-state index contributed by atoms with van der Waals surface area (Å²) >= 11 is 0. The minimum Gasteiger partial charge on any atom is -0.469 e. The topological polar surface area (TPSA) is 49.6 Å². The van der Waals surface area contributed by atoms with Crippen LogP contribution < -0.4 is 10.6 Å². The molecule has 5 heteroatoms. The Hall–Kier alpha value is -0.980. The summed E-state index contributed by atoms with van der Waals surface area (Å²) in [6.07, 6.45) is 5.25. The number of halogens is 1. The van der Waals surface area contributed by atoms with Crippen molar-refractivity contribution in [3.05, 3.63) is 36.3 Å². The van der Waals surface area contributed by atoms with E-state index in [9.17, 15) is 0 Å². The quantitative estimate of drug-likeness (QED) is 0.326. The van der Waals surface area contributed by atoms with Crippen LogP contribution in [0.3, 0.4) is 0 Å². The molecular formula is C15H24IN3O. The lowest BCUT2D eigenvalue weighted by Gasteiger charge is -2.11. The lowest BCUT2D eigenvalue weighted by atomic mass is 10.3. The third kappa shape index (κ3) is 6.98. The monoisotopic (exact) mass is 389 g/mol. The molecule has 0 aliphatic heterocycles. The standard InChI is InChI=1S/C15H23N3O.HI/c1-12(2)10-17-15(18-11-13-5-6-13)16-8-7-14-4-3-9-19-14;/h3-4,9,13H,1,5-8,10-11H2,2H3,(H2,16,17,18);1H. The molecule has 1 aliphatic rings. The summed E-state index contributed by atoms with van der Waals surface area (Å²) in [6.45, 7) is 8.37. The molecule has 0 atom stereocenters. The Morgan fingerprint density at radius 2 is 2.25 bits per heavy atom. The van der Waals surface area contributed by atoms with Gasteiger partial charge in [0.05, 0.1) is 12.8 Å². The molecule has 20 heavy (non-hydrogen) atoms. The molecule has 0 aromatic carbocycles. The van der Waals surface area contributed by atoms with Gasteiger partial charge in [0.25, 0.3) is 0 Å². The van der Waals surface area contributed by atoms with Crippen LogP contribution in [0.15, 0.2) is 40.0 Å². The molecule has 1 saturated carbocycles. The zero-order valence-electron chi connectivity index (χ0n) is 12.0. The molecule has 1 aromatic rings. The number of furan rings is 1. The van der Waals surface area contributed by atoms with Crippen molar-refractivity contribution >= 4 is 29.9 Å². The van der Waals surface area contributed by atoms with Gasteiger partial charge in [-0.25, -0.2) is 4.99 Å². The normalized spacial score (nSPS) is 14.6. The molecule has 0 saturated heterocycles. The number of hydrogen-bond acceptors (Lipinski definition) is 2. The van der Waals surface area contributed by atoms with E-state index in [1.54, 1.807) is 6.26 Å². The Morgan fingerprint density at radius 1 is 1.45 bits per heavy atom. The average molecular weight is 389 g/mol. The molecule has 4 nitrogen and oxygen atoms in total. The first-order valence-electron chi connectivity index (χ1n) is 6.93. The molecule has 2 N–H and O–H groups in total. The molecule has 0 spiro atoms. The highest BCUT2D eigenvalue weighted by atomic mass is 127. The predicted molar refractivity (Wildman–Crippen MR) is 93.7 cm³/mol. The van der Waals surface area contributed by atoms with Crippen molar-refractivity contribution in [1.29, 1.82) is 0 Å². The number of hydrogen-bond donors (Lipinski definition) is 2. The zero-order valence-corrected chi connectivity index (χ0v) is 14.4. The molecule has 2 rings (SSSR count). The Morgan fingerprint density at radius 3 is 2.85 bits per heavy atom. The van der Waals surface area contributed by atoms with Gasteiger partial charge in [0.15, 0.2) is 5.96 Å². The molecule has 112 valence electrons. The smallest absolute Gasteiger partial charge is 0.191 e. The number of rotatable bonds is 7. The summed E-state index contributed by atoms with van der Waals surface area (Å²) in [5.74, 6) is 2.71. The maximum absolute atomic E-state index is 5.31. The van der Waals surface area contributed by atoms with Crippen LogP contribution in [0.4, 0.5) is 0 Å². The highest BCUT2D eigenvalue weighted by Gasteiger charge is 2.21. The molecule has 0 radical (unpaired) electrons. The summed E-state index contributed by atoms with van der Waals surface area (Å²) in [6, 6.07) is 3.90. The third-order valence-corrected chi connectivity index (χ3v) is 3.01. The van der Waals surface area contributed by atoms with E-state index in [-0.39, 0.29) is 24.0 Å². The van der Waals surface area contributed by atoms with Crippen LogP contribution in [0, 0.1) is 5.92 Å². The first-order valence-corrected chi connectivity index (χ1v) is 6.93. The van der Waals surface area contributed by atoms with Crippen LogP contribution in [0.25, 0.3) is 0 Å². The van der Waals surface area contributed by atoms with Gasteiger partial charge in [-0.2, -0.15) is 0 Å². The average Bonchev–Trinajstić information content (AvgIpc) is 3.07. The highest BCUT2D eigenvalue weighted by Crippen LogP contribution is 2.27. The second-order valence-electron chi connectivity index (χ2n) is 5.20. The van der Waals surface area contributed by atoms with Crippen molar-refractivity contribution in [2.75, 3.05) is 19.6 Å². The Bertz CT molecular complexity index is 424. The van der Waals surface area contributed by atoms with E-state index >= 15 is 0 Å². The van der Waals surface area contributed by atoms with Gasteiger partial charge in [-0.1, -0.05) is 12.2 Å². The van der Waals surface area contributed by atoms with E-state index in [1.165, 1.54) is 12.8 Å². The minimum atomic E-state index is 0. The largest absolute Gasteiger partial charge is 0.469 e. The summed E-state index contributed by atoms with van der Waals surface area (Å²) < 4.78 is 5.31. The predicted octanol–water partition coefficient (Wildman–Crippen LogP) is 2.96. The molecule has 0 unspecified atom stereocenters. The molecule has 0 amide bonds. The van der Waals surface area contributed by atoms with Gasteiger partial charge in [-0.15, -0.1) is 24.0 Å². The Balaban J connectivity index is 0.00000200. The van der Waals surface area contributed by atoms with Crippen LogP contribution in [-0.4, -0.2) is 25.6 Å². The van der Waals surface area contributed by atoms with Gasteiger partial charge in [0.1, 0.15) is 5.76 Å². The fraction of sp³-hybridized carbons (Fsp3) is 0.533. The SMILES string of the molecule is C=C(C)CN=C(NCCc1ccco1)NCC1CC1.I. The highest BCUT2D eigenvalue weighted by molar-refractivity contribution is 14.0. The van der Waals surface area contributed by atoms with Crippen molar-refractivity contribution in [2.45, 2.75) is 26.2 Å². The lowest BCUT2D eigenvalue weighted by molar-refractivity contribution is 0.506. The Kier molecular flexibility index (Phi) is 7.72. The van der Waals surface area contributed by atoms with E-state index in [2.05, 4.69) is 22.2 Å². The maximum atomic E-state index is 5.31.